The molecule has 3 saturated carbocycles. The second kappa shape index (κ2) is 1.76. The van der Waals surface area contributed by atoms with Crippen LogP contribution >= 0.6 is 0 Å². The third-order valence-corrected chi connectivity index (χ3v) is 3.22. The van der Waals surface area contributed by atoms with Crippen molar-refractivity contribution in [3.63, 3.8) is 0 Å². The minimum absolute atomic E-state index is 0.118. The summed E-state index contributed by atoms with van der Waals surface area (Å²) in [5.41, 5.74) is -1.20. The van der Waals surface area contributed by atoms with Crippen molar-refractivity contribution < 1.29 is 14.3 Å². The highest BCUT2D eigenvalue weighted by atomic mass is 19.1. The highest BCUT2D eigenvalue weighted by molar-refractivity contribution is 5.73. The maximum absolute atomic E-state index is 13.4. The standard InChI is InChI=1S/C8H11FO2/c1-8(9)3-4-2-5(8)6(4)7(10)11/h4-6H,2-3H2,1H3,(H,10,11)/t4-,5+,6?,8?/m0/s1. The van der Waals surface area contributed by atoms with Crippen molar-refractivity contribution in [3.05, 3.63) is 0 Å². The number of halogens is 1. The Hall–Kier alpha value is -0.600. The smallest absolute Gasteiger partial charge is 0.307 e. The van der Waals surface area contributed by atoms with Gasteiger partial charge in [-0.1, -0.05) is 0 Å². The first kappa shape index (κ1) is 7.07. The van der Waals surface area contributed by atoms with Crippen LogP contribution in [0.1, 0.15) is 19.8 Å². The SMILES string of the molecule is CC1(F)C[C@@H]2C[C@@H]1C2C(=O)O. The molecule has 3 aliphatic carbocycles. The van der Waals surface area contributed by atoms with Gasteiger partial charge in [0.25, 0.3) is 0 Å². The predicted octanol–water partition coefficient (Wildman–Crippen LogP) is 1.46. The van der Waals surface area contributed by atoms with Crippen molar-refractivity contribution >= 4 is 5.97 Å². The fraction of sp³-hybridized carbons (Fsp3) is 0.875. The van der Waals surface area contributed by atoms with Gasteiger partial charge in [-0.05, 0) is 25.7 Å². The molecule has 0 aromatic heterocycles. The van der Waals surface area contributed by atoms with Crippen molar-refractivity contribution in [2.45, 2.75) is 25.4 Å². The summed E-state index contributed by atoms with van der Waals surface area (Å²) >= 11 is 0. The molecule has 2 nitrogen and oxygen atoms in total. The van der Waals surface area contributed by atoms with Crippen molar-refractivity contribution in [2.75, 3.05) is 0 Å². The lowest BCUT2D eigenvalue weighted by Gasteiger charge is -2.33. The Kier molecular flexibility index (Phi) is 1.13. The third kappa shape index (κ3) is 0.739. The lowest BCUT2D eigenvalue weighted by Crippen LogP contribution is -2.39. The van der Waals surface area contributed by atoms with E-state index in [0.717, 1.165) is 6.42 Å². The first-order valence-corrected chi connectivity index (χ1v) is 3.94. The summed E-state index contributed by atoms with van der Waals surface area (Å²) in [6.45, 7) is 1.53. The molecule has 2 unspecified atom stereocenters. The van der Waals surface area contributed by atoms with E-state index in [4.69, 9.17) is 5.11 Å². The molecule has 3 fully saturated rings. The van der Waals surface area contributed by atoms with Gasteiger partial charge in [-0.2, -0.15) is 0 Å². The van der Waals surface area contributed by atoms with Gasteiger partial charge in [-0.15, -0.1) is 0 Å². The normalized spacial score (nSPS) is 53.8. The fourth-order valence-corrected chi connectivity index (χ4v) is 2.62. The van der Waals surface area contributed by atoms with E-state index in [1.165, 1.54) is 6.92 Å². The van der Waals surface area contributed by atoms with E-state index in [1.807, 2.05) is 0 Å². The van der Waals surface area contributed by atoms with Gasteiger partial charge >= 0.3 is 5.97 Å². The van der Waals surface area contributed by atoms with Gasteiger partial charge in [0, 0.05) is 5.92 Å². The van der Waals surface area contributed by atoms with Gasteiger partial charge in [-0.25, -0.2) is 4.39 Å². The Balaban J connectivity index is 2.18. The number of hydrogen-bond acceptors (Lipinski definition) is 1. The Morgan fingerprint density at radius 2 is 2.36 bits per heavy atom. The molecular weight excluding hydrogens is 147 g/mol. The molecule has 0 spiro atoms. The number of fused-ring (bicyclic) bond motifs is 1. The number of carboxylic acids is 1. The molecular formula is C8H11FO2. The summed E-state index contributed by atoms with van der Waals surface area (Å²) in [5.74, 6) is -1.28. The highest BCUT2D eigenvalue weighted by Crippen LogP contribution is 2.60. The summed E-state index contributed by atoms with van der Waals surface area (Å²) in [6, 6.07) is 0. The average molecular weight is 158 g/mol. The molecule has 3 heteroatoms. The second-order valence-electron chi connectivity index (χ2n) is 3.95. The van der Waals surface area contributed by atoms with Crippen LogP contribution in [0.15, 0.2) is 0 Å². The van der Waals surface area contributed by atoms with Crippen LogP contribution in [0.2, 0.25) is 0 Å². The van der Waals surface area contributed by atoms with E-state index in [2.05, 4.69) is 0 Å². The number of carboxylic acid groups (broad SMARTS) is 1. The largest absolute Gasteiger partial charge is 0.481 e. The summed E-state index contributed by atoms with van der Waals surface area (Å²) in [6.07, 6.45) is 1.23. The first-order chi connectivity index (χ1) is 5.02. The summed E-state index contributed by atoms with van der Waals surface area (Å²) < 4.78 is 13.4. The van der Waals surface area contributed by atoms with Crippen LogP contribution in [0.25, 0.3) is 0 Å². The molecule has 3 aliphatic rings. The molecule has 11 heavy (non-hydrogen) atoms. The van der Waals surface area contributed by atoms with Gasteiger partial charge in [0.05, 0.1) is 5.92 Å². The Labute approximate surface area is 64.4 Å². The van der Waals surface area contributed by atoms with Crippen LogP contribution in [0.3, 0.4) is 0 Å². The number of hydrogen-bond donors (Lipinski definition) is 1. The molecule has 2 bridgehead atoms. The highest BCUT2D eigenvalue weighted by Gasteiger charge is 2.62. The zero-order valence-electron chi connectivity index (χ0n) is 6.38. The minimum Gasteiger partial charge on any atom is -0.481 e. The quantitative estimate of drug-likeness (QED) is 0.627. The zero-order chi connectivity index (χ0) is 8.22. The molecule has 0 heterocycles. The van der Waals surface area contributed by atoms with E-state index in [-0.39, 0.29) is 17.8 Å². The Morgan fingerprint density at radius 3 is 2.55 bits per heavy atom. The minimum atomic E-state index is -1.20. The van der Waals surface area contributed by atoms with Crippen LogP contribution in [0.5, 0.6) is 0 Å². The summed E-state index contributed by atoms with van der Waals surface area (Å²) in [5, 5.41) is 8.68. The van der Waals surface area contributed by atoms with Crippen molar-refractivity contribution in [1.29, 1.82) is 0 Å². The molecule has 4 atom stereocenters. The second-order valence-corrected chi connectivity index (χ2v) is 3.95. The van der Waals surface area contributed by atoms with Gasteiger partial charge < -0.3 is 5.11 Å². The van der Waals surface area contributed by atoms with Crippen LogP contribution in [-0.2, 0) is 4.79 Å². The number of rotatable bonds is 1. The predicted molar refractivity (Wildman–Crippen MR) is 36.9 cm³/mol. The van der Waals surface area contributed by atoms with Crippen molar-refractivity contribution in [1.82, 2.24) is 0 Å². The van der Waals surface area contributed by atoms with Crippen LogP contribution in [-0.4, -0.2) is 16.7 Å². The molecule has 0 saturated heterocycles. The summed E-state index contributed by atoms with van der Waals surface area (Å²) in [4.78, 5) is 10.6. The molecule has 0 amide bonds. The number of carbonyl (C=O) groups is 1. The van der Waals surface area contributed by atoms with E-state index >= 15 is 0 Å². The molecule has 0 radical (unpaired) electrons. The van der Waals surface area contributed by atoms with E-state index in [9.17, 15) is 9.18 Å². The topological polar surface area (TPSA) is 37.3 Å². The van der Waals surface area contributed by atoms with Crippen LogP contribution in [0, 0.1) is 17.8 Å². The monoisotopic (exact) mass is 158 g/mol. The van der Waals surface area contributed by atoms with E-state index in [1.54, 1.807) is 0 Å². The Bertz CT molecular complexity index is 212. The maximum Gasteiger partial charge on any atom is 0.307 e. The van der Waals surface area contributed by atoms with Crippen molar-refractivity contribution in [3.8, 4) is 0 Å². The van der Waals surface area contributed by atoms with Gasteiger partial charge in [-0.3, -0.25) is 4.79 Å². The first-order valence-electron chi connectivity index (χ1n) is 3.94. The van der Waals surface area contributed by atoms with Gasteiger partial charge in [0.15, 0.2) is 0 Å². The number of alkyl halides is 1. The molecule has 62 valence electrons. The van der Waals surface area contributed by atoms with E-state index < -0.39 is 11.6 Å². The van der Waals surface area contributed by atoms with Gasteiger partial charge in [0.2, 0.25) is 0 Å². The molecule has 0 aromatic carbocycles. The zero-order valence-corrected chi connectivity index (χ0v) is 6.38. The molecule has 1 N–H and O–H groups in total. The fourth-order valence-electron chi connectivity index (χ4n) is 2.62. The van der Waals surface area contributed by atoms with Crippen molar-refractivity contribution in [2.24, 2.45) is 17.8 Å². The maximum atomic E-state index is 13.4. The van der Waals surface area contributed by atoms with Crippen LogP contribution in [0.4, 0.5) is 4.39 Å². The molecule has 3 rings (SSSR count). The van der Waals surface area contributed by atoms with Crippen LogP contribution < -0.4 is 0 Å². The van der Waals surface area contributed by atoms with E-state index in [0.29, 0.717) is 6.42 Å². The number of aliphatic carboxylic acids is 1. The average Bonchev–Trinajstić information content (AvgIpc) is 2.13. The third-order valence-electron chi connectivity index (χ3n) is 3.22. The summed E-state index contributed by atoms with van der Waals surface area (Å²) in [7, 11) is 0. The van der Waals surface area contributed by atoms with Gasteiger partial charge in [0.1, 0.15) is 5.67 Å². The lowest BCUT2D eigenvalue weighted by molar-refractivity contribution is -0.150. The molecule has 0 aromatic rings. The molecule has 0 aliphatic heterocycles. The Morgan fingerprint density at radius 1 is 1.73 bits per heavy atom. The lowest BCUT2D eigenvalue weighted by atomic mass is 9.71.